The predicted octanol–water partition coefficient (Wildman–Crippen LogP) is 1.11. The van der Waals surface area contributed by atoms with Crippen molar-refractivity contribution in [1.29, 1.82) is 0 Å². The molecule has 2 aromatic heterocycles. The molecule has 18 heavy (non-hydrogen) atoms. The lowest BCUT2D eigenvalue weighted by atomic mass is 10.1. The molecule has 0 aliphatic heterocycles. The van der Waals surface area contributed by atoms with Gasteiger partial charge in [-0.3, -0.25) is 9.48 Å². The van der Waals surface area contributed by atoms with Gasteiger partial charge in [-0.25, -0.2) is 4.98 Å². The van der Waals surface area contributed by atoms with Crippen molar-refractivity contribution < 1.29 is 4.79 Å². The molecule has 2 rings (SSSR count). The van der Waals surface area contributed by atoms with Crippen LogP contribution >= 0.6 is 11.6 Å². The van der Waals surface area contributed by atoms with Crippen molar-refractivity contribution in [2.75, 3.05) is 5.32 Å². The summed E-state index contributed by atoms with van der Waals surface area (Å²) in [5.74, 6) is 0.00427. The summed E-state index contributed by atoms with van der Waals surface area (Å²) in [5, 5.41) is 7.05. The summed E-state index contributed by atoms with van der Waals surface area (Å²) in [6.45, 7) is 0. The fourth-order valence-corrected chi connectivity index (χ4v) is 1.59. The molecule has 0 saturated heterocycles. The van der Waals surface area contributed by atoms with Gasteiger partial charge in [0, 0.05) is 30.0 Å². The van der Waals surface area contributed by atoms with E-state index in [2.05, 4.69) is 15.4 Å². The van der Waals surface area contributed by atoms with Crippen LogP contribution in [0.5, 0.6) is 0 Å². The van der Waals surface area contributed by atoms with E-state index in [0.717, 1.165) is 0 Å². The van der Waals surface area contributed by atoms with Gasteiger partial charge in [-0.05, 0) is 12.1 Å². The Morgan fingerprint density at radius 1 is 1.61 bits per heavy atom. The Morgan fingerprint density at radius 3 is 3.00 bits per heavy atom. The fraction of sp³-hybridized carbons (Fsp3) is 0.182. The SMILES string of the molecule is Cn1cc(C(N)C(=O)Nc2cc(Cl)ccn2)cn1. The summed E-state index contributed by atoms with van der Waals surface area (Å²) >= 11 is 5.79. The van der Waals surface area contributed by atoms with Crippen LogP contribution < -0.4 is 11.1 Å². The number of nitrogens with two attached hydrogens (primary N) is 1. The molecule has 0 aliphatic carbocycles. The molecule has 0 radical (unpaired) electrons. The largest absolute Gasteiger partial charge is 0.316 e. The van der Waals surface area contributed by atoms with Crippen LogP contribution in [-0.2, 0) is 11.8 Å². The third-order valence-corrected chi connectivity index (χ3v) is 2.57. The maximum atomic E-state index is 11.9. The van der Waals surface area contributed by atoms with Gasteiger partial charge < -0.3 is 11.1 Å². The summed E-state index contributed by atoms with van der Waals surface area (Å²) in [4.78, 5) is 15.8. The highest BCUT2D eigenvalue weighted by atomic mass is 35.5. The summed E-state index contributed by atoms with van der Waals surface area (Å²) in [6.07, 6.45) is 4.75. The second-order valence-corrected chi connectivity index (χ2v) is 4.21. The fourth-order valence-electron chi connectivity index (χ4n) is 1.43. The quantitative estimate of drug-likeness (QED) is 0.870. The minimum atomic E-state index is -0.792. The van der Waals surface area contributed by atoms with Crippen molar-refractivity contribution >= 4 is 23.3 Å². The van der Waals surface area contributed by atoms with E-state index >= 15 is 0 Å². The number of amides is 1. The molecule has 1 amide bonds. The summed E-state index contributed by atoms with van der Waals surface area (Å²) in [5.41, 5.74) is 6.45. The number of pyridine rings is 1. The molecule has 6 nitrogen and oxygen atoms in total. The molecule has 0 bridgehead atoms. The number of halogens is 1. The van der Waals surface area contributed by atoms with Gasteiger partial charge in [-0.15, -0.1) is 0 Å². The lowest BCUT2D eigenvalue weighted by Gasteiger charge is -2.09. The zero-order valence-corrected chi connectivity index (χ0v) is 10.4. The molecule has 0 fully saturated rings. The molecule has 2 heterocycles. The summed E-state index contributed by atoms with van der Waals surface area (Å²) in [6, 6.07) is 2.38. The zero-order valence-electron chi connectivity index (χ0n) is 9.67. The topological polar surface area (TPSA) is 85.8 Å². The highest BCUT2D eigenvalue weighted by Gasteiger charge is 2.17. The number of anilines is 1. The van der Waals surface area contributed by atoms with E-state index in [1.807, 2.05) is 0 Å². The number of aryl methyl sites for hydroxylation is 1. The molecule has 0 spiro atoms. The van der Waals surface area contributed by atoms with Crippen LogP contribution in [-0.4, -0.2) is 20.7 Å². The third kappa shape index (κ3) is 2.85. The molecule has 3 N–H and O–H groups in total. The minimum Gasteiger partial charge on any atom is -0.316 e. The highest BCUT2D eigenvalue weighted by Crippen LogP contribution is 2.14. The number of carbonyl (C=O) groups is 1. The van der Waals surface area contributed by atoms with Gasteiger partial charge in [-0.1, -0.05) is 11.6 Å². The molecule has 1 unspecified atom stereocenters. The van der Waals surface area contributed by atoms with Gasteiger partial charge in [-0.2, -0.15) is 5.10 Å². The average Bonchev–Trinajstić information content (AvgIpc) is 2.75. The van der Waals surface area contributed by atoms with E-state index < -0.39 is 6.04 Å². The van der Waals surface area contributed by atoms with Gasteiger partial charge in [0.05, 0.1) is 6.20 Å². The van der Waals surface area contributed by atoms with Gasteiger partial charge in [0.15, 0.2) is 0 Å². The van der Waals surface area contributed by atoms with E-state index in [-0.39, 0.29) is 5.91 Å². The second kappa shape index (κ2) is 5.16. The van der Waals surface area contributed by atoms with Crippen LogP contribution in [0.15, 0.2) is 30.7 Å². The number of carbonyl (C=O) groups excluding carboxylic acids is 1. The second-order valence-electron chi connectivity index (χ2n) is 3.77. The molecule has 0 saturated carbocycles. The number of nitrogens with one attached hydrogen (secondary N) is 1. The Bertz CT molecular complexity index is 568. The van der Waals surface area contributed by atoms with E-state index in [9.17, 15) is 4.79 Å². The van der Waals surface area contributed by atoms with E-state index in [1.54, 1.807) is 36.3 Å². The van der Waals surface area contributed by atoms with Crippen LogP contribution in [0.4, 0.5) is 5.82 Å². The maximum absolute atomic E-state index is 11.9. The monoisotopic (exact) mass is 265 g/mol. The number of hydrogen-bond acceptors (Lipinski definition) is 4. The van der Waals surface area contributed by atoms with Crippen LogP contribution in [0.2, 0.25) is 5.02 Å². The maximum Gasteiger partial charge on any atom is 0.247 e. The zero-order chi connectivity index (χ0) is 13.1. The smallest absolute Gasteiger partial charge is 0.247 e. The molecule has 0 aromatic carbocycles. The molecule has 0 aliphatic rings. The number of nitrogens with zero attached hydrogens (tertiary/aromatic N) is 3. The van der Waals surface area contributed by atoms with Gasteiger partial charge in [0.2, 0.25) is 5.91 Å². The molecular formula is C11H12ClN5O. The molecule has 94 valence electrons. The lowest BCUT2D eigenvalue weighted by Crippen LogP contribution is -2.27. The number of rotatable bonds is 3. The van der Waals surface area contributed by atoms with Crippen LogP contribution in [0.25, 0.3) is 0 Å². The Balaban J connectivity index is 2.08. The Labute approximate surface area is 109 Å². The van der Waals surface area contributed by atoms with E-state index in [0.29, 0.717) is 16.4 Å². The van der Waals surface area contributed by atoms with Crippen molar-refractivity contribution in [3.8, 4) is 0 Å². The van der Waals surface area contributed by atoms with Gasteiger partial charge in [0.1, 0.15) is 11.9 Å². The predicted molar refractivity (Wildman–Crippen MR) is 68.0 cm³/mol. The normalized spacial score (nSPS) is 12.2. The van der Waals surface area contributed by atoms with Crippen molar-refractivity contribution in [2.24, 2.45) is 12.8 Å². The summed E-state index contributed by atoms with van der Waals surface area (Å²) < 4.78 is 1.58. The molecule has 2 aromatic rings. The number of aromatic nitrogens is 3. The van der Waals surface area contributed by atoms with Crippen molar-refractivity contribution in [2.45, 2.75) is 6.04 Å². The Hall–Kier alpha value is -1.92. The van der Waals surface area contributed by atoms with E-state index in [4.69, 9.17) is 17.3 Å². The van der Waals surface area contributed by atoms with Crippen LogP contribution in [0.3, 0.4) is 0 Å². The first-order chi connectivity index (χ1) is 8.56. The third-order valence-electron chi connectivity index (χ3n) is 2.34. The standard InChI is InChI=1S/C11H12ClN5O/c1-17-6-7(5-15-17)10(13)11(18)16-9-4-8(12)2-3-14-9/h2-6,10H,13H2,1H3,(H,14,16,18). The molecule has 1 atom stereocenters. The summed E-state index contributed by atoms with van der Waals surface area (Å²) in [7, 11) is 1.76. The first-order valence-corrected chi connectivity index (χ1v) is 5.60. The Morgan fingerprint density at radius 2 is 2.39 bits per heavy atom. The van der Waals surface area contributed by atoms with Crippen molar-refractivity contribution in [3.63, 3.8) is 0 Å². The van der Waals surface area contributed by atoms with Crippen LogP contribution in [0.1, 0.15) is 11.6 Å². The number of hydrogen-bond donors (Lipinski definition) is 2. The van der Waals surface area contributed by atoms with Crippen molar-refractivity contribution in [1.82, 2.24) is 14.8 Å². The van der Waals surface area contributed by atoms with E-state index in [1.165, 1.54) is 6.20 Å². The minimum absolute atomic E-state index is 0.363. The van der Waals surface area contributed by atoms with Crippen molar-refractivity contribution in [3.05, 3.63) is 41.3 Å². The first kappa shape index (κ1) is 12.5. The first-order valence-electron chi connectivity index (χ1n) is 5.23. The Kier molecular flexibility index (Phi) is 3.59. The lowest BCUT2D eigenvalue weighted by molar-refractivity contribution is -0.117. The van der Waals surface area contributed by atoms with Gasteiger partial charge >= 0.3 is 0 Å². The highest BCUT2D eigenvalue weighted by molar-refractivity contribution is 6.30. The van der Waals surface area contributed by atoms with Gasteiger partial charge in [0.25, 0.3) is 0 Å². The van der Waals surface area contributed by atoms with Crippen LogP contribution in [0, 0.1) is 0 Å². The average molecular weight is 266 g/mol. The molecule has 7 heteroatoms. The molecular weight excluding hydrogens is 254 g/mol.